The summed E-state index contributed by atoms with van der Waals surface area (Å²) < 4.78 is 18.7. The van der Waals surface area contributed by atoms with Gasteiger partial charge in [-0.3, -0.25) is 0 Å². The van der Waals surface area contributed by atoms with Crippen LogP contribution < -0.4 is 5.73 Å². The molecule has 0 aliphatic carbocycles. The Balaban J connectivity index is 2.09. The standard InChI is InChI=1S/C13H15BrFN3O/c1-8(7-16)2-5-12-17-13(18-19-12)9-3-4-11(15)10(14)6-9/h3-4,6,8H,2,5,7,16H2,1H3. The Morgan fingerprint density at radius 1 is 1.47 bits per heavy atom. The van der Waals surface area contributed by atoms with Crippen molar-refractivity contribution in [1.29, 1.82) is 0 Å². The Kier molecular flexibility index (Phi) is 4.66. The van der Waals surface area contributed by atoms with Crippen LogP contribution in [0.25, 0.3) is 11.4 Å². The number of aryl methyl sites for hydroxylation is 1. The number of nitrogens with two attached hydrogens (primary N) is 1. The first-order valence-corrected chi connectivity index (χ1v) is 6.87. The van der Waals surface area contributed by atoms with Gasteiger partial charge in [0.1, 0.15) is 5.82 Å². The summed E-state index contributed by atoms with van der Waals surface area (Å²) in [6.07, 6.45) is 1.61. The highest BCUT2D eigenvalue weighted by atomic mass is 79.9. The molecule has 0 radical (unpaired) electrons. The van der Waals surface area contributed by atoms with E-state index < -0.39 is 0 Å². The molecule has 4 nitrogen and oxygen atoms in total. The van der Waals surface area contributed by atoms with Crippen molar-refractivity contribution < 1.29 is 8.91 Å². The van der Waals surface area contributed by atoms with Gasteiger partial charge >= 0.3 is 0 Å². The second-order valence-electron chi connectivity index (χ2n) is 4.52. The van der Waals surface area contributed by atoms with E-state index in [0.717, 1.165) is 12.0 Å². The van der Waals surface area contributed by atoms with Gasteiger partial charge in [-0.2, -0.15) is 4.98 Å². The molecular weight excluding hydrogens is 313 g/mol. The largest absolute Gasteiger partial charge is 0.339 e. The van der Waals surface area contributed by atoms with Crippen LogP contribution in [0.3, 0.4) is 0 Å². The normalized spacial score (nSPS) is 12.6. The molecular formula is C13H15BrFN3O. The summed E-state index contributed by atoms with van der Waals surface area (Å²) in [5.41, 5.74) is 6.27. The van der Waals surface area contributed by atoms with Crippen LogP contribution in [0.4, 0.5) is 4.39 Å². The lowest BCUT2D eigenvalue weighted by Crippen LogP contribution is -2.11. The van der Waals surface area contributed by atoms with E-state index >= 15 is 0 Å². The fourth-order valence-corrected chi connectivity index (χ4v) is 1.98. The van der Waals surface area contributed by atoms with Crippen molar-refractivity contribution in [2.75, 3.05) is 6.54 Å². The molecule has 0 saturated heterocycles. The summed E-state index contributed by atoms with van der Waals surface area (Å²) in [4.78, 5) is 4.30. The van der Waals surface area contributed by atoms with Gasteiger partial charge in [-0.25, -0.2) is 4.39 Å². The molecule has 1 heterocycles. The van der Waals surface area contributed by atoms with Crippen LogP contribution >= 0.6 is 15.9 Å². The SMILES string of the molecule is CC(CN)CCc1nc(-c2ccc(F)c(Br)c2)no1. The van der Waals surface area contributed by atoms with E-state index in [-0.39, 0.29) is 5.82 Å². The molecule has 102 valence electrons. The van der Waals surface area contributed by atoms with Gasteiger partial charge < -0.3 is 10.3 Å². The zero-order valence-corrected chi connectivity index (χ0v) is 12.2. The number of halogens is 2. The van der Waals surface area contributed by atoms with Gasteiger partial charge in [-0.05, 0) is 53.0 Å². The molecule has 0 aliphatic heterocycles. The molecule has 0 saturated carbocycles. The van der Waals surface area contributed by atoms with Crippen LogP contribution in [0, 0.1) is 11.7 Å². The van der Waals surface area contributed by atoms with Crippen molar-refractivity contribution in [3.05, 3.63) is 34.4 Å². The van der Waals surface area contributed by atoms with Crippen LogP contribution in [-0.4, -0.2) is 16.7 Å². The maximum Gasteiger partial charge on any atom is 0.226 e. The third kappa shape index (κ3) is 3.61. The maximum absolute atomic E-state index is 13.1. The highest BCUT2D eigenvalue weighted by Crippen LogP contribution is 2.23. The quantitative estimate of drug-likeness (QED) is 0.916. The van der Waals surface area contributed by atoms with Crippen LogP contribution in [0.1, 0.15) is 19.2 Å². The molecule has 1 aromatic heterocycles. The Hall–Kier alpha value is -1.27. The zero-order valence-electron chi connectivity index (χ0n) is 10.6. The van der Waals surface area contributed by atoms with Crippen molar-refractivity contribution in [2.45, 2.75) is 19.8 Å². The van der Waals surface area contributed by atoms with E-state index in [1.54, 1.807) is 12.1 Å². The molecule has 0 amide bonds. The van der Waals surface area contributed by atoms with Crippen molar-refractivity contribution in [3.8, 4) is 11.4 Å². The Morgan fingerprint density at radius 3 is 2.95 bits per heavy atom. The van der Waals surface area contributed by atoms with Gasteiger partial charge in [0.25, 0.3) is 0 Å². The molecule has 2 aromatic rings. The summed E-state index contributed by atoms with van der Waals surface area (Å²) in [5.74, 6) is 1.16. The fourth-order valence-electron chi connectivity index (χ4n) is 1.60. The van der Waals surface area contributed by atoms with Gasteiger partial charge in [-0.15, -0.1) is 0 Å². The van der Waals surface area contributed by atoms with Crippen molar-refractivity contribution in [3.63, 3.8) is 0 Å². The molecule has 0 aliphatic rings. The Morgan fingerprint density at radius 2 is 2.26 bits per heavy atom. The van der Waals surface area contributed by atoms with Crippen LogP contribution in [-0.2, 0) is 6.42 Å². The second kappa shape index (κ2) is 6.25. The second-order valence-corrected chi connectivity index (χ2v) is 5.37. The maximum atomic E-state index is 13.1. The van der Waals surface area contributed by atoms with E-state index in [1.165, 1.54) is 6.07 Å². The smallest absolute Gasteiger partial charge is 0.226 e. The van der Waals surface area contributed by atoms with Crippen LogP contribution in [0.15, 0.2) is 27.2 Å². The summed E-state index contributed by atoms with van der Waals surface area (Å²) >= 11 is 3.13. The lowest BCUT2D eigenvalue weighted by atomic mass is 10.1. The van der Waals surface area contributed by atoms with Gasteiger partial charge in [0.15, 0.2) is 0 Å². The van der Waals surface area contributed by atoms with E-state index in [0.29, 0.717) is 35.1 Å². The van der Waals surface area contributed by atoms with E-state index in [1.807, 2.05) is 0 Å². The molecule has 6 heteroatoms. The number of rotatable bonds is 5. The summed E-state index contributed by atoms with van der Waals surface area (Å²) in [6.45, 7) is 2.72. The lowest BCUT2D eigenvalue weighted by molar-refractivity contribution is 0.366. The topological polar surface area (TPSA) is 64.9 Å². The molecule has 2 rings (SSSR count). The summed E-state index contributed by atoms with van der Waals surface area (Å²) in [7, 11) is 0. The lowest BCUT2D eigenvalue weighted by Gasteiger charge is -2.03. The molecule has 1 atom stereocenters. The van der Waals surface area contributed by atoms with Gasteiger partial charge in [0, 0.05) is 12.0 Å². The Bertz CT molecular complexity index is 559. The van der Waals surface area contributed by atoms with Crippen molar-refractivity contribution >= 4 is 15.9 Å². The number of aromatic nitrogens is 2. The summed E-state index contributed by atoms with van der Waals surface area (Å²) in [5, 5.41) is 3.90. The molecule has 2 N–H and O–H groups in total. The van der Waals surface area contributed by atoms with Gasteiger partial charge in [0.05, 0.1) is 4.47 Å². The van der Waals surface area contributed by atoms with E-state index in [4.69, 9.17) is 10.3 Å². The first-order valence-electron chi connectivity index (χ1n) is 6.08. The highest BCUT2D eigenvalue weighted by molar-refractivity contribution is 9.10. The minimum absolute atomic E-state index is 0.316. The number of hydrogen-bond acceptors (Lipinski definition) is 4. The van der Waals surface area contributed by atoms with Gasteiger partial charge in [-0.1, -0.05) is 12.1 Å². The predicted octanol–water partition coefficient (Wildman–Crippen LogP) is 3.17. The molecule has 0 fully saturated rings. The van der Waals surface area contributed by atoms with Gasteiger partial charge in [0.2, 0.25) is 11.7 Å². The minimum Gasteiger partial charge on any atom is -0.339 e. The molecule has 0 bridgehead atoms. The molecule has 1 aromatic carbocycles. The van der Waals surface area contributed by atoms with Crippen LogP contribution in [0.5, 0.6) is 0 Å². The summed E-state index contributed by atoms with van der Waals surface area (Å²) in [6, 6.07) is 4.62. The third-order valence-corrected chi connectivity index (χ3v) is 3.51. The number of hydrogen-bond donors (Lipinski definition) is 1. The Labute approximate surface area is 119 Å². The van der Waals surface area contributed by atoms with Crippen molar-refractivity contribution in [2.24, 2.45) is 11.7 Å². The van der Waals surface area contributed by atoms with E-state index in [2.05, 4.69) is 33.0 Å². The average molecular weight is 328 g/mol. The fraction of sp³-hybridized carbons (Fsp3) is 0.385. The first kappa shape index (κ1) is 14.1. The molecule has 19 heavy (non-hydrogen) atoms. The molecule has 1 unspecified atom stereocenters. The van der Waals surface area contributed by atoms with Crippen LogP contribution in [0.2, 0.25) is 0 Å². The average Bonchev–Trinajstić information content (AvgIpc) is 2.88. The minimum atomic E-state index is -0.316. The van der Waals surface area contributed by atoms with E-state index in [9.17, 15) is 4.39 Å². The highest BCUT2D eigenvalue weighted by Gasteiger charge is 2.11. The zero-order chi connectivity index (χ0) is 13.8. The third-order valence-electron chi connectivity index (χ3n) is 2.90. The number of nitrogens with zero attached hydrogens (tertiary/aromatic N) is 2. The number of benzene rings is 1. The van der Waals surface area contributed by atoms with Crippen molar-refractivity contribution in [1.82, 2.24) is 10.1 Å². The molecule has 0 spiro atoms. The monoisotopic (exact) mass is 327 g/mol. The predicted molar refractivity (Wildman–Crippen MR) is 73.9 cm³/mol. The first-order chi connectivity index (χ1) is 9.10.